The minimum Gasteiger partial charge on any atom is -0.481 e. The summed E-state index contributed by atoms with van der Waals surface area (Å²) in [5, 5.41) is 6.27. The number of hydrogen-bond acceptors (Lipinski definition) is 6. The van der Waals surface area contributed by atoms with Crippen LogP contribution in [-0.4, -0.2) is 28.6 Å². The largest absolute Gasteiger partial charge is 0.481 e. The second-order valence-corrected chi connectivity index (χ2v) is 4.66. The molecule has 96 valence electrons. The predicted octanol–water partition coefficient (Wildman–Crippen LogP) is 2.28. The van der Waals surface area contributed by atoms with Crippen molar-refractivity contribution in [2.75, 3.05) is 13.7 Å². The lowest BCUT2D eigenvalue weighted by Gasteiger charge is -2.08. The molecule has 0 saturated heterocycles. The molecule has 5 nitrogen and oxygen atoms in total. The Hall–Kier alpha value is -1.53. The number of aromatic nitrogens is 3. The van der Waals surface area contributed by atoms with Gasteiger partial charge < -0.3 is 10.1 Å². The summed E-state index contributed by atoms with van der Waals surface area (Å²) in [7, 11) is 1.59. The van der Waals surface area contributed by atoms with Gasteiger partial charge in [0.15, 0.2) is 0 Å². The molecule has 0 amide bonds. The Kier molecular flexibility index (Phi) is 4.22. The zero-order valence-electron chi connectivity index (χ0n) is 10.7. The Labute approximate surface area is 110 Å². The minimum absolute atomic E-state index is 0.253. The van der Waals surface area contributed by atoms with Crippen LogP contribution < -0.4 is 10.1 Å². The minimum atomic E-state index is 0.253. The van der Waals surface area contributed by atoms with Crippen molar-refractivity contribution in [3.05, 3.63) is 23.5 Å². The second-order valence-electron chi connectivity index (χ2n) is 3.80. The second kappa shape index (κ2) is 5.88. The van der Waals surface area contributed by atoms with Crippen molar-refractivity contribution in [3.8, 4) is 16.6 Å². The average Bonchev–Trinajstić information content (AvgIpc) is 2.89. The highest BCUT2D eigenvalue weighted by Crippen LogP contribution is 2.25. The third-order valence-corrected chi connectivity index (χ3v) is 3.43. The lowest BCUT2D eigenvalue weighted by molar-refractivity contribution is 0.397. The molecule has 18 heavy (non-hydrogen) atoms. The molecule has 0 bridgehead atoms. The van der Waals surface area contributed by atoms with E-state index in [0.29, 0.717) is 5.88 Å². The van der Waals surface area contributed by atoms with Gasteiger partial charge in [-0.25, -0.2) is 15.0 Å². The standard InChI is InChI=1S/C12H16N4OS/c1-4-13-8(2)10-6-18-12(16-10)9-5-11(17-3)15-7-14-9/h5-8,13H,4H2,1-3H3. The Morgan fingerprint density at radius 3 is 3.00 bits per heavy atom. The zero-order chi connectivity index (χ0) is 13.0. The van der Waals surface area contributed by atoms with Gasteiger partial charge in [0.25, 0.3) is 0 Å². The fraction of sp³-hybridized carbons (Fsp3) is 0.417. The number of rotatable bonds is 5. The lowest BCUT2D eigenvalue weighted by atomic mass is 10.2. The third-order valence-electron chi connectivity index (χ3n) is 2.55. The van der Waals surface area contributed by atoms with Crippen LogP contribution >= 0.6 is 11.3 Å². The quantitative estimate of drug-likeness (QED) is 0.897. The first-order chi connectivity index (χ1) is 8.74. The molecule has 0 spiro atoms. The third kappa shape index (κ3) is 2.83. The molecular formula is C12H16N4OS. The van der Waals surface area contributed by atoms with Crippen molar-refractivity contribution < 1.29 is 4.74 Å². The molecule has 2 aromatic rings. The van der Waals surface area contributed by atoms with Gasteiger partial charge in [-0.15, -0.1) is 11.3 Å². The Morgan fingerprint density at radius 1 is 1.44 bits per heavy atom. The van der Waals surface area contributed by atoms with Crippen LogP contribution in [0.15, 0.2) is 17.8 Å². The molecule has 6 heteroatoms. The first-order valence-electron chi connectivity index (χ1n) is 5.79. The number of nitrogens with zero attached hydrogens (tertiary/aromatic N) is 3. The van der Waals surface area contributed by atoms with Crippen LogP contribution in [-0.2, 0) is 0 Å². The van der Waals surface area contributed by atoms with Crippen molar-refractivity contribution in [1.29, 1.82) is 0 Å². The number of methoxy groups -OCH3 is 1. The van der Waals surface area contributed by atoms with E-state index in [0.717, 1.165) is 22.9 Å². The van der Waals surface area contributed by atoms with Gasteiger partial charge in [0.1, 0.15) is 17.0 Å². The van der Waals surface area contributed by atoms with E-state index in [-0.39, 0.29) is 6.04 Å². The van der Waals surface area contributed by atoms with Crippen LogP contribution in [0.1, 0.15) is 25.6 Å². The summed E-state index contributed by atoms with van der Waals surface area (Å²) < 4.78 is 5.08. The molecule has 0 aliphatic heterocycles. The van der Waals surface area contributed by atoms with Crippen LogP contribution in [0.25, 0.3) is 10.7 Å². The van der Waals surface area contributed by atoms with Crippen molar-refractivity contribution >= 4 is 11.3 Å². The topological polar surface area (TPSA) is 59.9 Å². The maximum absolute atomic E-state index is 5.08. The summed E-state index contributed by atoms with van der Waals surface area (Å²) in [6.45, 7) is 5.11. The van der Waals surface area contributed by atoms with Crippen molar-refractivity contribution in [2.45, 2.75) is 19.9 Å². The van der Waals surface area contributed by atoms with Gasteiger partial charge in [0, 0.05) is 17.5 Å². The maximum atomic E-state index is 5.08. The first kappa shape index (κ1) is 12.9. The maximum Gasteiger partial charge on any atom is 0.216 e. The van der Waals surface area contributed by atoms with Gasteiger partial charge in [-0.1, -0.05) is 6.92 Å². The van der Waals surface area contributed by atoms with E-state index in [2.05, 4.69) is 39.5 Å². The van der Waals surface area contributed by atoms with E-state index in [4.69, 9.17) is 4.74 Å². The predicted molar refractivity (Wildman–Crippen MR) is 71.8 cm³/mol. The summed E-state index contributed by atoms with van der Waals surface area (Å²) in [5.41, 5.74) is 1.83. The molecule has 1 atom stereocenters. The summed E-state index contributed by atoms with van der Waals surface area (Å²) in [5.74, 6) is 0.552. The molecular weight excluding hydrogens is 248 g/mol. The molecule has 0 aliphatic rings. The Bertz CT molecular complexity index is 514. The molecule has 1 unspecified atom stereocenters. The number of thiazole rings is 1. The van der Waals surface area contributed by atoms with Crippen LogP contribution in [0.4, 0.5) is 0 Å². The number of nitrogens with one attached hydrogen (secondary N) is 1. The van der Waals surface area contributed by atoms with E-state index in [1.807, 2.05) is 0 Å². The van der Waals surface area contributed by atoms with Crippen molar-refractivity contribution in [3.63, 3.8) is 0 Å². The molecule has 0 saturated carbocycles. The fourth-order valence-electron chi connectivity index (χ4n) is 1.58. The fourth-order valence-corrected chi connectivity index (χ4v) is 2.46. The monoisotopic (exact) mass is 264 g/mol. The highest BCUT2D eigenvalue weighted by Gasteiger charge is 2.11. The van der Waals surface area contributed by atoms with E-state index >= 15 is 0 Å². The molecule has 0 aliphatic carbocycles. The summed E-state index contributed by atoms with van der Waals surface area (Å²) in [6, 6.07) is 2.05. The normalized spacial score (nSPS) is 12.4. The van der Waals surface area contributed by atoms with Gasteiger partial charge in [-0.2, -0.15) is 0 Å². The Balaban J connectivity index is 2.23. The van der Waals surface area contributed by atoms with Gasteiger partial charge in [-0.05, 0) is 13.5 Å². The molecule has 0 radical (unpaired) electrons. The smallest absolute Gasteiger partial charge is 0.216 e. The molecule has 1 N–H and O–H groups in total. The Morgan fingerprint density at radius 2 is 2.28 bits per heavy atom. The van der Waals surface area contributed by atoms with E-state index < -0.39 is 0 Å². The molecule has 0 aromatic carbocycles. The highest BCUT2D eigenvalue weighted by molar-refractivity contribution is 7.13. The lowest BCUT2D eigenvalue weighted by Crippen LogP contribution is -2.17. The molecule has 0 fully saturated rings. The van der Waals surface area contributed by atoms with E-state index in [9.17, 15) is 0 Å². The van der Waals surface area contributed by atoms with Gasteiger partial charge in [-0.3, -0.25) is 0 Å². The SMILES string of the molecule is CCNC(C)c1csc(-c2cc(OC)ncn2)n1. The van der Waals surface area contributed by atoms with Gasteiger partial charge in [0.05, 0.1) is 12.8 Å². The van der Waals surface area contributed by atoms with Crippen molar-refractivity contribution in [1.82, 2.24) is 20.3 Å². The summed E-state index contributed by atoms with van der Waals surface area (Å²) >= 11 is 1.58. The van der Waals surface area contributed by atoms with E-state index in [1.165, 1.54) is 6.33 Å². The average molecular weight is 264 g/mol. The molecule has 2 heterocycles. The van der Waals surface area contributed by atoms with Crippen LogP contribution in [0, 0.1) is 0 Å². The molecule has 2 rings (SSSR count). The van der Waals surface area contributed by atoms with Gasteiger partial charge >= 0.3 is 0 Å². The van der Waals surface area contributed by atoms with Crippen LogP contribution in [0.3, 0.4) is 0 Å². The number of hydrogen-bond donors (Lipinski definition) is 1. The summed E-state index contributed by atoms with van der Waals surface area (Å²) in [6.07, 6.45) is 1.49. The highest BCUT2D eigenvalue weighted by atomic mass is 32.1. The van der Waals surface area contributed by atoms with Gasteiger partial charge in [0.2, 0.25) is 5.88 Å². The molecule has 2 aromatic heterocycles. The van der Waals surface area contributed by atoms with Crippen LogP contribution in [0.5, 0.6) is 5.88 Å². The summed E-state index contributed by atoms with van der Waals surface area (Å²) in [4.78, 5) is 12.8. The van der Waals surface area contributed by atoms with E-state index in [1.54, 1.807) is 24.5 Å². The number of ether oxygens (including phenoxy) is 1. The van der Waals surface area contributed by atoms with Crippen molar-refractivity contribution in [2.24, 2.45) is 0 Å². The zero-order valence-corrected chi connectivity index (χ0v) is 11.5. The van der Waals surface area contributed by atoms with Crippen LogP contribution in [0.2, 0.25) is 0 Å². The first-order valence-corrected chi connectivity index (χ1v) is 6.67.